The van der Waals surface area contributed by atoms with Crippen LogP contribution in [0.2, 0.25) is 0 Å². The zero-order chi connectivity index (χ0) is 21.3. The fourth-order valence-corrected chi connectivity index (χ4v) is 4.50. The van der Waals surface area contributed by atoms with Crippen LogP contribution in [0.1, 0.15) is 22.5 Å². The summed E-state index contributed by atoms with van der Waals surface area (Å²) >= 11 is 1.51. The molecule has 0 aliphatic rings. The first kappa shape index (κ1) is 20.4. The van der Waals surface area contributed by atoms with E-state index in [2.05, 4.69) is 4.90 Å². The van der Waals surface area contributed by atoms with Crippen molar-refractivity contribution in [2.45, 2.75) is 13.3 Å². The van der Waals surface area contributed by atoms with Gasteiger partial charge < -0.3 is 14.1 Å². The molecule has 0 spiro atoms. The predicted molar refractivity (Wildman–Crippen MR) is 122 cm³/mol. The number of aromatic nitrogens is 1. The molecule has 0 radical (unpaired) electrons. The van der Waals surface area contributed by atoms with Gasteiger partial charge in [0.15, 0.2) is 10.9 Å². The van der Waals surface area contributed by atoms with Gasteiger partial charge in [0, 0.05) is 11.9 Å². The summed E-state index contributed by atoms with van der Waals surface area (Å²) in [4.78, 5) is 22.1. The summed E-state index contributed by atoms with van der Waals surface area (Å²) in [7, 11) is 5.69. The number of carbonyl (C=O) groups is 1. The van der Waals surface area contributed by atoms with Crippen molar-refractivity contribution < 1.29 is 13.9 Å². The molecule has 156 valence electrons. The molecule has 30 heavy (non-hydrogen) atoms. The molecule has 1 amide bonds. The van der Waals surface area contributed by atoms with E-state index in [4.69, 9.17) is 14.1 Å². The first-order valence-corrected chi connectivity index (χ1v) is 10.7. The van der Waals surface area contributed by atoms with Crippen LogP contribution in [0.5, 0.6) is 5.75 Å². The minimum atomic E-state index is -0.180. The summed E-state index contributed by atoms with van der Waals surface area (Å²) < 4.78 is 12.4. The molecule has 2 aromatic carbocycles. The van der Waals surface area contributed by atoms with E-state index in [0.29, 0.717) is 28.8 Å². The number of methoxy groups -OCH3 is 1. The lowest BCUT2D eigenvalue weighted by atomic mass is 10.2. The molecule has 4 rings (SSSR count). The first-order chi connectivity index (χ1) is 14.5. The van der Waals surface area contributed by atoms with Crippen LogP contribution in [-0.4, -0.2) is 50.1 Å². The van der Waals surface area contributed by atoms with E-state index in [9.17, 15) is 4.79 Å². The fourth-order valence-electron chi connectivity index (χ4n) is 3.43. The van der Waals surface area contributed by atoms with Crippen molar-refractivity contribution in [2.24, 2.45) is 0 Å². The molecule has 0 aliphatic heterocycles. The van der Waals surface area contributed by atoms with Crippen LogP contribution in [0, 0.1) is 6.92 Å². The van der Waals surface area contributed by atoms with Gasteiger partial charge in [0.25, 0.3) is 5.91 Å². The van der Waals surface area contributed by atoms with E-state index in [1.54, 1.807) is 18.1 Å². The lowest BCUT2D eigenvalue weighted by Gasteiger charge is -2.19. The number of amides is 1. The Kier molecular flexibility index (Phi) is 5.74. The second-order valence-electron chi connectivity index (χ2n) is 7.52. The second-order valence-corrected chi connectivity index (χ2v) is 8.50. The van der Waals surface area contributed by atoms with Crippen LogP contribution >= 0.6 is 11.3 Å². The van der Waals surface area contributed by atoms with Gasteiger partial charge in [-0.15, -0.1) is 0 Å². The van der Waals surface area contributed by atoms with Crippen LogP contribution in [0.3, 0.4) is 0 Å². The standard InChI is InChI=1S/C23H25N3O3S/c1-15-10-11-18(28-4)20-21(15)30-23(24-20)26(13-7-12-25(2)3)22(27)19-14-16-8-5-6-9-17(16)29-19/h5-6,8-11,14H,7,12-13H2,1-4H3. The number of fused-ring (bicyclic) bond motifs is 2. The predicted octanol–water partition coefficient (Wildman–Crippen LogP) is 4.96. The number of ether oxygens (including phenoxy) is 1. The average Bonchev–Trinajstić information content (AvgIpc) is 3.36. The molecule has 0 N–H and O–H groups in total. The molecule has 0 saturated heterocycles. The van der Waals surface area contributed by atoms with E-state index < -0.39 is 0 Å². The zero-order valence-electron chi connectivity index (χ0n) is 17.6. The topological polar surface area (TPSA) is 58.8 Å². The molecule has 0 bridgehead atoms. The molecule has 2 aromatic heterocycles. The third-order valence-corrected chi connectivity index (χ3v) is 6.23. The highest BCUT2D eigenvalue weighted by molar-refractivity contribution is 7.22. The number of para-hydroxylation sites is 1. The number of aryl methyl sites for hydroxylation is 1. The van der Waals surface area contributed by atoms with Crippen molar-refractivity contribution >= 4 is 43.6 Å². The number of rotatable bonds is 7. The number of nitrogens with zero attached hydrogens (tertiary/aromatic N) is 3. The van der Waals surface area contributed by atoms with Gasteiger partial charge in [-0.3, -0.25) is 9.69 Å². The minimum absolute atomic E-state index is 0.180. The Morgan fingerprint density at radius 2 is 1.97 bits per heavy atom. The summed E-state index contributed by atoms with van der Waals surface area (Å²) in [6, 6.07) is 13.4. The van der Waals surface area contributed by atoms with Gasteiger partial charge in [-0.2, -0.15) is 0 Å². The van der Waals surface area contributed by atoms with Crippen molar-refractivity contribution in [2.75, 3.05) is 39.2 Å². The van der Waals surface area contributed by atoms with E-state index in [1.165, 1.54) is 11.3 Å². The SMILES string of the molecule is COc1ccc(C)c2sc(N(CCCN(C)C)C(=O)c3cc4ccccc4o3)nc12. The smallest absolute Gasteiger partial charge is 0.295 e. The molecule has 0 fully saturated rings. The highest BCUT2D eigenvalue weighted by Crippen LogP contribution is 2.37. The maximum atomic E-state index is 13.5. The van der Waals surface area contributed by atoms with Gasteiger partial charge in [0.05, 0.1) is 11.8 Å². The number of furan rings is 1. The Bertz CT molecular complexity index is 1160. The number of hydrogen-bond acceptors (Lipinski definition) is 6. The Hall–Kier alpha value is -2.90. The Labute approximate surface area is 179 Å². The van der Waals surface area contributed by atoms with Gasteiger partial charge in [-0.25, -0.2) is 4.98 Å². The lowest BCUT2D eigenvalue weighted by Crippen LogP contribution is -2.33. The van der Waals surface area contributed by atoms with Gasteiger partial charge >= 0.3 is 0 Å². The van der Waals surface area contributed by atoms with Crippen molar-refractivity contribution in [3.05, 3.63) is 53.8 Å². The van der Waals surface area contributed by atoms with Crippen LogP contribution in [0.25, 0.3) is 21.2 Å². The highest BCUT2D eigenvalue weighted by atomic mass is 32.1. The third kappa shape index (κ3) is 3.91. The largest absolute Gasteiger partial charge is 0.494 e. The number of hydrogen-bond donors (Lipinski definition) is 0. The first-order valence-electron chi connectivity index (χ1n) is 9.87. The number of benzene rings is 2. The normalized spacial score (nSPS) is 11.5. The van der Waals surface area contributed by atoms with Crippen molar-refractivity contribution in [1.82, 2.24) is 9.88 Å². The van der Waals surface area contributed by atoms with Crippen LogP contribution in [-0.2, 0) is 0 Å². The zero-order valence-corrected chi connectivity index (χ0v) is 18.5. The molecule has 0 aliphatic carbocycles. The molecule has 4 aromatic rings. The maximum absolute atomic E-state index is 13.5. The van der Waals surface area contributed by atoms with E-state index >= 15 is 0 Å². The molecular weight excluding hydrogens is 398 g/mol. The molecule has 2 heterocycles. The monoisotopic (exact) mass is 423 g/mol. The van der Waals surface area contributed by atoms with Gasteiger partial charge in [-0.05, 0) is 57.7 Å². The van der Waals surface area contributed by atoms with Gasteiger partial charge in [0.2, 0.25) is 0 Å². The second kappa shape index (κ2) is 8.45. The molecule has 6 nitrogen and oxygen atoms in total. The molecular formula is C23H25N3O3S. The van der Waals surface area contributed by atoms with E-state index in [1.807, 2.05) is 57.4 Å². The Morgan fingerprint density at radius 3 is 2.70 bits per heavy atom. The average molecular weight is 424 g/mol. The molecule has 7 heteroatoms. The number of carbonyl (C=O) groups excluding carboxylic acids is 1. The Morgan fingerprint density at radius 1 is 1.17 bits per heavy atom. The molecule has 0 atom stereocenters. The van der Waals surface area contributed by atoms with Crippen LogP contribution in [0.15, 0.2) is 46.9 Å². The van der Waals surface area contributed by atoms with Crippen LogP contribution < -0.4 is 9.64 Å². The minimum Gasteiger partial charge on any atom is -0.494 e. The van der Waals surface area contributed by atoms with Crippen molar-refractivity contribution in [1.29, 1.82) is 0 Å². The molecule has 0 saturated carbocycles. The quantitative estimate of drug-likeness (QED) is 0.421. The maximum Gasteiger partial charge on any atom is 0.295 e. The summed E-state index contributed by atoms with van der Waals surface area (Å²) in [5.74, 6) is 0.854. The summed E-state index contributed by atoms with van der Waals surface area (Å²) in [6.45, 7) is 3.47. The summed E-state index contributed by atoms with van der Waals surface area (Å²) in [6.07, 6.45) is 0.824. The van der Waals surface area contributed by atoms with Crippen LogP contribution in [0.4, 0.5) is 5.13 Å². The fraction of sp³-hybridized carbons (Fsp3) is 0.304. The summed E-state index contributed by atoms with van der Waals surface area (Å²) in [5.41, 5.74) is 2.60. The summed E-state index contributed by atoms with van der Waals surface area (Å²) in [5, 5.41) is 1.57. The highest BCUT2D eigenvalue weighted by Gasteiger charge is 2.25. The van der Waals surface area contributed by atoms with E-state index in [-0.39, 0.29) is 5.91 Å². The van der Waals surface area contributed by atoms with Crippen molar-refractivity contribution in [3.63, 3.8) is 0 Å². The van der Waals surface area contributed by atoms with Gasteiger partial charge in [0.1, 0.15) is 16.8 Å². The third-order valence-electron chi connectivity index (χ3n) is 5.01. The number of thiazole rings is 1. The molecule has 0 unspecified atom stereocenters. The van der Waals surface area contributed by atoms with Crippen molar-refractivity contribution in [3.8, 4) is 5.75 Å². The Balaban J connectivity index is 1.74. The lowest BCUT2D eigenvalue weighted by molar-refractivity contribution is 0.0961. The van der Waals surface area contributed by atoms with Gasteiger partial charge in [-0.1, -0.05) is 35.6 Å². The number of anilines is 1. The van der Waals surface area contributed by atoms with E-state index in [0.717, 1.165) is 34.1 Å².